The largest absolute Gasteiger partial charge is 0.462 e. The third-order valence-corrected chi connectivity index (χ3v) is 12.4. The number of unbranched alkanes of at least 4 members (excludes halogenated alkanes) is 22. The van der Waals surface area contributed by atoms with E-state index in [1.807, 2.05) is 0 Å². The highest BCUT2D eigenvalue weighted by molar-refractivity contribution is 5.71. The molecule has 0 amide bonds. The first-order valence-corrected chi connectivity index (χ1v) is 30.0. The molecule has 73 heavy (non-hydrogen) atoms. The fraction of sp³-hybridized carbons (Fsp3) is 0.657. The number of allylic oxidation sites excluding steroid dienone is 20. The minimum absolute atomic E-state index is 0.0975. The van der Waals surface area contributed by atoms with Gasteiger partial charge >= 0.3 is 17.9 Å². The first-order valence-electron chi connectivity index (χ1n) is 30.0. The van der Waals surface area contributed by atoms with Crippen molar-refractivity contribution in [2.75, 3.05) is 13.2 Å². The Bertz CT molecular complexity index is 1540. The minimum atomic E-state index is -0.801. The zero-order valence-corrected chi connectivity index (χ0v) is 47.4. The zero-order valence-electron chi connectivity index (χ0n) is 47.4. The number of hydrogen-bond acceptors (Lipinski definition) is 6. The second kappa shape index (κ2) is 60.4. The van der Waals surface area contributed by atoms with Crippen LogP contribution in [-0.4, -0.2) is 37.2 Å². The quantitative estimate of drug-likeness (QED) is 0.0261. The molecule has 1 atom stereocenters. The molecule has 6 nitrogen and oxygen atoms in total. The Balaban J connectivity index is 4.36. The molecule has 0 aromatic carbocycles. The summed E-state index contributed by atoms with van der Waals surface area (Å²) < 4.78 is 16.8. The molecule has 0 saturated carbocycles. The van der Waals surface area contributed by atoms with Crippen molar-refractivity contribution in [1.82, 2.24) is 0 Å². The molecule has 0 aliphatic carbocycles. The van der Waals surface area contributed by atoms with Crippen LogP contribution in [0.2, 0.25) is 0 Å². The third kappa shape index (κ3) is 58.6. The summed E-state index contributed by atoms with van der Waals surface area (Å²) in [5.74, 6) is -0.944. The molecule has 0 aliphatic heterocycles. The van der Waals surface area contributed by atoms with Crippen LogP contribution in [0.25, 0.3) is 0 Å². The van der Waals surface area contributed by atoms with E-state index in [-0.39, 0.29) is 31.1 Å². The number of esters is 3. The van der Waals surface area contributed by atoms with Crippen molar-refractivity contribution < 1.29 is 28.6 Å². The predicted octanol–water partition coefficient (Wildman–Crippen LogP) is 20.4. The molecule has 0 spiro atoms. The Morgan fingerprint density at radius 3 is 0.863 bits per heavy atom. The summed E-state index contributed by atoms with van der Waals surface area (Å²) in [7, 11) is 0. The van der Waals surface area contributed by atoms with Gasteiger partial charge in [0.25, 0.3) is 0 Å². The van der Waals surface area contributed by atoms with Gasteiger partial charge in [-0.1, -0.05) is 239 Å². The van der Waals surface area contributed by atoms with Crippen LogP contribution in [-0.2, 0) is 28.6 Å². The van der Waals surface area contributed by atoms with E-state index in [0.29, 0.717) is 19.3 Å². The lowest BCUT2D eigenvalue weighted by molar-refractivity contribution is -0.167. The fourth-order valence-electron chi connectivity index (χ4n) is 7.98. The van der Waals surface area contributed by atoms with E-state index in [9.17, 15) is 14.4 Å². The van der Waals surface area contributed by atoms with Crippen LogP contribution in [0.3, 0.4) is 0 Å². The van der Waals surface area contributed by atoms with Gasteiger partial charge < -0.3 is 14.2 Å². The molecule has 0 N–H and O–H groups in total. The van der Waals surface area contributed by atoms with Gasteiger partial charge in [-0.3, -0.25) is 14.4 Å². The molecule has 0 rings (SSSR count). The van der Waals surface area contributed by atoms with Crippen LogP contribution >= 0.6 is 0 Å². The summed E-state index contributed by atoms with van der Waals surface area (Å²) in [4.78, 5) is 38.2. The van der Waals surface area contributed by atoms with Crippen molar-refractivity contribution in [2.24, 2.45) is 0 Å². The Kier molecular flexibility index (Phi) is 56.9. The number of rotatable bonds is 53. The Labute approximate surface area is 450 Å². The fourth-order valence-corrected chi connectivity index (χ4v) is 7.98. The maximum absolute atomic E-state index is 12.9. The lowest BCUT2D eigenvalue weighted by Crippen LogP contribution is -2.30. The standard InChI is InChI=1S/C67H110O6/c1-4-7-10-13-16-19-22-25-27-28-29-30-31-32-33-34-35-36-37-38-40-42-45-48-51-54-57-60-66(69)72-63-64(62-71-65(68)59-56-53-50-47-44-41-24-21-18-15-12-9-6-3)73-67(70)61-58-55-52-49-46-43-39-26-23-20-17-14-11-8-5-2/h7,9-10,12,16,18-19,21,25-27,29-30,32-33,35-36,39,41,44,64H,4-6,8,11,13-15,17,20,22-24,28,31,34,37-38,40,42-43,45-63H2,1-3H3/b10-7-,12-9-,19-16-,21-18-,27-25-,30-29-,33-32-,36-35-,39-26-,44-41-. The molecule has 414 valence electrons. The monoisotopic (exact) mass is 1010 g/mol. The predicted molar refractivity (Wildman–Crippen MR) is 316 cm³/mol. The Hall–Kier alpha value is -4.19. The molecule has 0 heterocycles. The lowest BCUT2D eigenvalue weighted by atomic mass is 10.1. The topological polar surface area (TPSA) is 78.9 Å². The van der Waals surface area contributed by atoms with Crippen molar-refractivity contribution in [3.05, 3.63) is 122 Å². The average molecular weight is 1010 g/mol. The van der Waals surface area contributed by atoms with Gasteiger partial charge in [-0.15, -0.1) is 0 Å². The van der Waals surface area contributed by atoms with Crippen LogP contribution in [0, 0.1) is 0 Å². The highest BCUT2D eigenvalue weighted by Crippen LogP contribution is 2.14. The van der Waals surface area contributed by atoms with Gasteiger partial charge in [0.05, 0.1) is 0 Å². The highest BCUT2D eigenvalue weighted by Gasteiger charge is 2.19. The van der Waals surface area contributed by atoms with E-state index >= 15 is 0 Å². The van der Waals surface area contributed by atoms with E-state index in [1.54, 1.807) is 0 Å². The Morgan fingerprint density at radius 1 is 0.288 bits per heavy atom. The Morgan fingerprint density at radius 2 is 0.534 bits per heavy atom. The summed E-state index contributed by atoms with van der Waals surface area (Å²) in [5.41, 5.74) is 0. The van der Waals surface area contributed by atoms with Gasteiger partial charge in [-0.25, -0.2) is 0 Å². The first-order chi connectivity index (χ1) is 36.0. The molecule has 0 fully saturated rings. The summed E-state index contributed by atoms with van der Waals surface area (Å²) in [5, 5.41) is 0. The van der Waals surface area contributed by atoms with Crippen LogP contribution in [0.4, 0.5) is 0 Å². The van der Waals surface area contributed by atoms with Gasteiger partial charge in [0.15, 0.2) is 6.10 Å². The van der Waals surface area contributed by atoms with Gasteiger partial charge in [0.2, 0.25) is 0 Å². The van der Waals surface area contributed by atoms with Gasteiger partial charge in [0.1, 0.15) is 13.2 Å². The molecule has 6 heteroatoms. The maximum atomic E-state index is 12.9. The summed E-state index contributed by atoms with van der Waals surface area (Å²) >= 11 is 0. The van der Waals surface area contributed by atoms with Crippen molar-refractivity contribution in [3.63, 3.8) is 0 Å². The molecule has 0 aliphatic rings. The smallest absolute Gasteiger partial charge is 0.306 e. The highest BCUT2D eigenvalue weighted by atomic mass is 16.6. The third-order valence-electron chi connectivity index (χ3n) is 12.4. The molecular formula is C67H110O6. The van der Waals surface area contributed by atoms with E-state index in [4.69, 9.17) is 14.2 Å². The molecule has 0 aromatic rings. The average Bonchev–Trinajstić information content (AvgIpc) is 3.39. The number of carbonyl (C=O) groups excluding carboxylic acids is 3. The SMILES string of the molecule is CC/C=C\C/C=C\C/C=C\C/C=C\C/C=C\C/C=C\CCCCCCCCCCC(=O)OCC(COC(=O)CCCCC/C=C\C/C=C\C/C=C\CC)OC(=O)CCCCCCC/C=C\CCCCCCCC. The summed E-state index contributed by atoms with van der Waals surface area (Å²) in [6, 6.07) is 0. The molecular weight excluding hydrogens is 901 g/mol. The number of hydrogen-bond donors (Lipinski definition) is 0. The maximum Gasteiger partial charge on any atom is 0.306 e. The number of ether oxygens (including phenoxy) is 3. The van der Waals surface area contributed by atoms with Crippen LogP contribution in [0.5, 0.6) is 0 Å². The van der Waals surface area contributed by atoms with Crippen molar-refractivity contribution in [1.29, 1.82) is 0 Å². The van der Waals surface area contributed by atoms with E-state index < -0.39 is 6.10 Å². The van der Waals surface area contributed by atoms with Crippen molar-refractivity contribution in [2.45, 2.75) is 271 Å². The molecule has 0 aromatic heterocycles. The van der Waals surface area contributed by atoms with Gasteiger partial charge in [0, 0.05) is 19.3 Å². The molecule has 0 bridgehead atoms. The van der Waals surface area contributed by atoms with Crippen molar-refractivity contribution >= 4 is 17.9 Å². The van der Waals surface area contributed by atoms with E-state index in [1.165, 1.54) is 83.5 Å². The summed E-state index contributed by atoms with van der Waals surface area (Å²) in [6.45, 7) is 6.37. The summed E-state index contributed by atoms with van der Waals surface area (Å²) in [6.07, 6.45) is 83.4. The normalized spacial score (nSPS) is 13.0. The van der Waals surface area contributed by atoms with Gasteiger partial charge in [-0.05, 0) is 128 Å². The second-order valence-electron chi connectivity index (χ2n) is 19.5. The molecule has 1 unspecified atom stereocenters. The van der Waals surface area contributed by atoms with E-state index in [2.05, 4.69) is 142 Å². The lowest BCUT2D eigenvalue weighted by Gasteiger charge is -2.18. The van der Waals surface area contributed by atoms with Crippen LogP contribution < -0.4 is 0 Å². The molecule has 0 radical (unpaired) electrons. The number of carbonyl (C=O) groups is 3. The first kappa shape index (κ1) is 68.8. The van der Waals surface area contributed by atoms with Crippen LogP contribution in [0.1, 0.15) is 265 Å². The minimum Gasteiger partial charge on any atom is -0.462 e. The van der Waals surface area contributed by atoms with E-state index in [0.717, 1.165) is 141 Å². The van der Waals surface area contributed by atoms with Crippen molar-refractivity contribution in [3.8, 4) is 0 Å². The van der Waals surface area contributed by atoms with Crippen LogP contribution in [0.15, 0.2) is 122 Å². The molecule has 0 saturated heterocycles. The van der Waals surface area contributed by atoms with Gasteiger partial charge in [-0.2, -0.15) is 0 Å². The second-order valence-corrected chi connectivity index (χ2v) is 19.5. The zero-order chi connectivity index (χ0) is 52.9.